The van der Waals surface area contributed by atoms with E-state index in [4.69, 9.17) is 4.74 Å². The van der Waals surface area contributed by atoms with Gasteiger partial charge in [0, 0.05) is 44.4 Å². The summed E-state index contributed by atoms with van der Waals surface area (Å²) >= 11 is 0. The van der Waals surface area contributed by atoms with Crippen molar-refractivity contribution in [1.82, 2.24) is 15.2 Å². The number of rotatable bonds is 3. The molecule has 0 aliphatic carbocycles. The summed E-state index contributed by atoms with van der Waals surface area (Å²) in [7, 11) is 0. The van der Waals surface area contributed by atoms with Crippen LogP contribution in [0.3, 0.4) is 0 Å². The van der Waals surface area contributed by atoms with Crippen molar-refractivity contribution < 1.29 is 14.3 Å². The van der Waals surface area contributed by atoms with Gasteiger partial charge < -0.3 is 15.0 Å². The summed E-state index contributed by atoms with van der Waals surface area (Å²) in [6.45, 7) is 3.05. The summed E-state index contributed by atoms with van der Waals surface area (Å²) in [4.78, 5) is 30.4. The van der Waals surface area contributed by atoms with Gasteiger partial charge in [0.15, 0.2) is 0 Å². The SMILES string of the molecule is CC(=O)N1CCC(NC(=O)[C@H]2[C@H](c3ccncc3)[C@@H]3CC[C@H]2O3)CC1. The lowest BCUT2D eigenvalue weighted by Crippen LogP contribution is -2.49. The van der Waals surface area contributed by atoms with E-state index in [-0.39, 0.29) is 41.9 Å². The van der Waals surface area contributed by atoms with E-state index in [0.717, 1.165) is 44.3 Å². The number of amides is 2. The van der Waals surface area contributed by atoms with Crippen LogP contribution in [0.15, 0.2) is 24.5 Å². The molecular weight excluding hydrogens is 318 g/mol. The number of carbonyl (C=O) groups is 2. The van der Waals surface area contributed by atoms with Crippen LogP contribution in [0.5, 0.6) is 0 Å². The van der Waals surface area contributed by atoms with Crippen LogP contribution in [0.2, 0.25) is 0 Å². The average Bonchev–Trinajstić information content (AvgIpc) is 3.24. The van der Waals surface area contributed by atoms with Gasteiger partial charge in [-0.05, 0) is 43.4 Å². The maximum Gasteiger partial charge on any atom is 0.226 e. The minimum absolute atomic E-state index is 0.0282. The summed E-state index contributed by atoms with van der Waals surface area (Å²) in [5.41, 5.74) is 1.15. The van der Waals surface area contributed by atoms with E-state index in [1.165, 1.54) is 0 Å². The van der Waals surface area contributed by atoms with Crippen molar-refractivity contribution in [3.05, 3.63) is 30.1 Å². The Hall–Kier alpha value is -1.95. The van der Waals surface area contributed by atoms with Gasteiger partial charge in [-0.3, -0.25) is 14.6 Å². The maximum absolute atomic E-state index is 13.0. The smallest absolute Gasteiger partial charge is 0.226 e. The van der Waals surface area contributed by atoms with Crippen molar-refractivity contribution >= 4 is 11.8 Å². The average molecular weight is 343 g/mol. The Bertz CT molecular complexity index is 643. The molecule has 1 aromatic heterocycles. The molecule has 0 spiro atoms. The number of carbonyl (C=O) groups excluding carboxylic acids is 2. The monoisotopic (exact) mass is 343 g/mol. The molecule has 6 heteroatoms. The molecule has 0 unspecified atom stereocenters. The molecule has 0 radical (unpaired) electrons. The van der Waals surface area contributed by atoms with E-state index in [0.29, 0.717) is 0 Å². The number of likely N-dealkylation sites (tertiary alicyclic amines) is 1. The summed E-state index contributed by atoms with van der Waals surface area (Å²) in [5.74, 6) is 0.227. The molecule has 3 aliphatic heterocycles. The van der Waals surface area contributed by atoms with Gasteiger partial charge in [0.1, 0.15) is 0 Å². The highest BCUT2D eigenvalue weighted by Gasteiger charge is 2.52. The van der Waals surface area contributed by atoms with Gasteiger partial charge in [-0.1, -0.05) is 0 Å². The Labute approximate surface area is 147 Å². The van der Waals surface area contributed by atoms with Gasteiger partial charge >= 0.3 is 0 Å². The number of hydrogen-bond donors (Lipinski definition) is 1. The number of hydrogen-bond acceptors (Lipinski definition) is 4. The van der Waals surface area contributed by atoms with E-state index in [9.17, 15) is 9.59 Å². The third kappa shape index (κ3) is 3.15. The highest BCUT2D eigenvalue weighted by Crippen LogP contribution is 2.48. The Morgan fingerprint density at radius 3 is 2.48 bits per heavy atom. The van der Waals surface area contributed by atoms with Crippen molar-refractivity contribution in [3.8, 4) is 0 Å². The second kappa shape index (κ2) is 6.75. The summed E-state index contributed by atoms with van der Waals surface area (Å²) in [6.07, 6.45) is 7.38. The molecule has 4 heterocycles. The van der Waals surface area contributed by atoms with Gasteiger partial charge in [0.2, 0.25) is 11.8 Å². The van der Waals surface area contributed by atoms with Crippen LogP contribution in [0.4, 0.5) is 0 Å². The zero-order valence-corrected chi connectivity index (χ0v) is 14.6. The van der Waals surface area contributed by atoms with Crippen LogP contribution in [-0.2, 0) is 14.3 Å². The van der Waals surface area contributed by atoms with Crippen molar-refractivity contribution in [2.75, 3.05) is 13.1 Å². The normalized spacial score (nSPS) is 32.0. The third-order valence-electron chi connectivity index (χ3n) is 5.95. The third-order valence-corrected chi connectivity index (χ3v) is 5.95. The largest absolute Gasteiger partial charge is 0.373 e. The fourth-order valence-corrected chi connectivity index (χ4v) is 4.66. The molecule has 0 saturated carbocycles. The van der Waals surface area contributed by atoms with E-state index in [1.807, 2.05) is 17.0 Å². The van der Waals surface area contributed by atoms with Crippen LogP contribution in [0.25, 0.3) is 0 Å². The van der Waals surface area contributed by atoms with Crippen molar-refractivity contribution in [2.24, 2.45) is 5.92 Å². The fraction of sp³-hybridized carbons (Fsp3) is 0.632. The maximum atomic E-state index is 13.0. The standard InChI is InChI=1S/C19H25N3O3/c1-12(23)22-10-6-14(7-11-22)21-19(24)18-16-3-2-15(25-16)17(18)13-4-8-20-9-5-13/h4-5,8-9,14-18H,2-3,6-7,10-11H2,1H3,(H,21,24)/t15-,16+,17+,18+/m0/s1. The zero-order chi connectivity index (χ0) is 17.4. The Morgan fingerprint density at radius 2 is 1.80 bits per heavy atom. The molecule has 25 heavy (non-hydrogen) atoms. The molecule has 4 atom stereocenters. The van der Waals surface area contributed by atoms with Crippen molar-refractivity contribution in [1.29, 1.82) is 0 Å². The molecule has 1 N–H and O–H groups in total. The van der Waals surface area contributed by atoms with Crippen LogP contribution in [-0.4, -0.2) is 53.0 Å². The van der Waals surface area contributed by atoms with Crippen LogP contribution < -0.4 is 5.32 Å². The van der Waals surface area contributed by atoms with Crippen LogP contribution in [0.1, 0.15) is 44.1 Å². The summed E-state index contributed by atoms with van der Waals surface area (Å²) in [6, 6.07) is 4.15. The summed E-state index contributed by atoms with van der Waals surface area (Å²) in [5, 5.41) is 3.23. The van der Waals surface area contributed by atoms with E-state index in [2.05, 4.69) is 10.3 Å². The van der Waals surface area contributed by atoms with Crippen molar-refractivity contribution in [2.45, 2.75) is 56.8 Å². The molecule has 4 rings (SSSR count). The first-order chi connectivity index (χ1) is 12.1. The second-order valence-corrected chi connectivity index (χ2v) is 7.41. The van der Waals surface area contributed by atoms with Gasteiger partial charge in [0.05, 0.1) is 18.1 Å². The molecule has 6 nitrogen and oxygen atoms in total. The number of aromatic nitrogens is 1. The highest BCUT2D eigenvalue weighted by atomic mass is 16.5. The topological polar surface area (TPSA) is 71.5 Å². The molecule has 134 valence electrons. The lowest BCUT2D eigenvalue weighted by atomic mass is 9.75. The van der Waals surface area contributed by atoms with E-state index >= 15 is 0 Å². The molecule has 3 saturated heterocycles. The zero-order valence-electron chi connectivity index (χ0n) is 14.6. The minimum atomic E-state index is -0.119. The predicted molar refractivity (Wildman–Crippen MR) is 91.8 cm³/mol. The quantitative estimate of drug-likeness (QED) is 0.902. The minimum Gasteiger partial charge on any atom is -0.373 e. The first kappa shape index (κ1) is 16.5. The van der Waals surface area contributed by atoms with Crippen molar-refractivity contribution in [3.63, 3.8) is 0 Å². The van der Waals surface area contributed by atoms with E-state index in [1.54, 1.807) is 19.3 Å². The number of ether oxygens (including phenoxy) is 1. The molecule has 2 bridgehead atoms. The number of nitrogens with one attached hydrogen (secondary N) is 1. The van der Waals surface area contributed by atoms with Crippen LogP contribution >= 0.6 is 0 Å². The first-order valence-electron chi connectivity index (χ1n) is 9.25. The molecule has 1 aromatic rings. The lowest BCUT2D eigenvalue weighted by Gasteiger charge is -2.34. The van der Waals surface area contributed by atoms with Crippen LogP contribution in [0, 0.1) is 5.92 Å². The predicted octanol–water partition coefficient (Wildman–Crippen LogP) is 1.47. The number of piperidine rings is 1. The molecule has 3 fully saturated rings. The Kier molecular flexibility index (Phi) is 4.46. The second-order valence-electron chi connectivity index (χ2n) is 7.41. The number of nitrogens with zero attached hydrogens (tertiary/aromatic N) is 2. The molecule has 2 amide bonds. The molecule has 0 aromatic carbocycles. The number of pyridine rings is 1. The number of fused-ring (bicyclic) bond motifs is 2. The van der Waals surface area contributed by atoms with Gasteiger partial charge in [-0.2, -0.15) is 0 Å². The van der Waals surface area contributed by atoms with E-state index < -0.39 is 0 Å². The molecule has 3 aliphatic rings. The summed E-state index contributed by atoms with van der Waals surface area (Å²) < 4.78 is 6.08. The fourth-order valence-electron chi connectivity index (χ4n) is 4.66. The first-order valence-corrected chi connectivity index (χ1v) is 9.25. The highest BCUT2D eigenvalue weighted by molar-refractivity contribution is 5.81. The van der Waals surface area contributed by atoms with Gasteiger partial charge in [-0.15, -0.1) is 0 Å². The van der Waals surface area contributed by atoms with Gasteiger partial charge in [0.25, 0.3) is 0 Å². The Balaban J connectivity index is 1.43. The Morgan fingerprint density at radius 1 is 1.12 bits per heavy atom. The lowest BCUT2D eigenvalue weighted by molar-refractivity contribution is -0.130. The molecular formula is C19H25N3O3. The van der Waals surface area contributed by atoms with Gasteiger partial charge in [-0.25, -0.2) is 0 Å².